The zero-order chi connectivity index (χ0) is 0. The van der Waals surface area contributed by atoms with Crippen LogP contribution < -0.4 is 6.15 Å². The monoisotopic (exact) mass is 180 g/mol. The Balaban J connectivity index is 0. The number of rotatable bonds is 0. The van der Waals surface area contributed by atoms with Crippen molar-refractivity contribution in [3.8, 4) is 0 Å². The fourth-order valence-corrected chi connectivity index (χ4v) is 0. The Kier molecular flexibility index (Phi) is 34600. The average molecular weight is 180 g/mol. The Morgan fingerprint density at radius 3 is 0.500 bits per heavy atom. The molecule has 0 spiro atoms. The summed E-state index contributed by atoms with van der Waals surface area (Å²) in [5, 5.41) is 0. The summed E-state index contributed by atoms with van der Waals surface area (Å²) in [6.07, 6.45) is 0. The predicted molar refractivity (Wildman–Crippen MR) is 30.7 cm³/mol. The Morgan fingerprint density at radius 2 is 0.500 bits per heavy atom. The van der Waals surface area contributed by atoms with E-state index in [4.69, 9.17) is 0 Å². The van der Waals surface area contributed by atoms with Gasteiger partial charge >= 0.3 is 0 Å². The predicted octanol–water partition coefficient (Wildman–Crippen LogP) is 1.96. The minimum absolute atomic E-state index is 0. The topological polar surface area (TPSA) is 35.0 Å². The Labute approximate surface area is 55.9 Å². The van der Waals surface area contributed by atoms with Crippen LogP contribution in [0.15, 0.2) is 0 Å². The van der Waals surface area contributed by atoms with Crippen LogP contribution in [-0.4, -0.2) is 0 Å². The van der Waals surface area contributed by atoms with E-state index in [0.717, 1.165) is 0 Å². The molecule has 0 atom stereocenters. The first-order valence-electron chi connectivity index (χ1n) is 0. The first-order valence-corrected chi connectivity index (χ1v) is 0. The van der Waals surface area contributed by atoms with E-state index < -0.39 is 0 Å². The zero-order valence-corrected chi connectivity index (χ0v) is 6.68. The van der Waals surface area contributed by atoms with Gasteiger partial charge in [0, 0.05) is 19.5 Å². The van der Waals surface area contributed by atoms with Gasteiger partial charge in [-0.3, -0.25) is 0 Å². The van der Waals surface area contributed by atoms with E-state index in [2.05, 4.69) is 0 Å². The minimum Gasteiger partial charge on any atom is -0.358 e. The molecule has 0 fully saturated rings. The van der Waals surface area contributed by atoms with Gasteiger partial charge in [0.2, 0.25) is 0 Å². The molecule has 0 aliphatic rings. The molecule has 0 aliphatic carbocycles. The summed E-state index contributed by atoms with van der Waals surface area (Å²) in [4.78, 5) is 0. The molecule has 0 aliphatic heterocycles. The molecule has 0 saturated carbocycles. The fraction of sp³-hybridized carbons (Fsp3) is 0. The summed E-state index contributed by atoms with van der Waals surface area (Å²) in [7, 11) is 0. The van der Waals surface area contributed by atoms with Crippen molar-refractivity contribution in [1.82, 2.24) is 6.15 Å². The SMILES string of the molecule is N.[CH3-].[CH3-].[CH3-].[CH3-].[Rh]. The summed E-state index contributed by atoms with van der Waals surface area (Å²) in [5.41, 5.74) is 0. The summed E-state index contributed by atoms with van der Waals surface area (Å²) in [5.74, 6) is 0. The van der Waals surface area contributed by atoms with Crippen molar-refractivity contribution in [2.24, 2.45) is 0 Å². The molecule has 49 valence electrons. The van der Waals surface area contributed by atoms with Crippen LogP contribution in [0.1, 0.15) is 0 Å². The quantitative estimate of drug-likeness (QED) is 0.448. The molecule has 0 aromatic carbocycles. The zero-order valence-electron chi connectivity index (χ0n) is 5.04. The largest absolute Gasteiger partial charge is 0.358 e. The fourth-order valence-electron chi connectivity index (χ4n) is 0. The van der Waals surface area contributed by atoms with Crippen LogP contribution >= 0.6 is 0 Å². The van der Waals surface area contributed by atoms with Gasteiger partial charge in [-0.1, -0.05) is 0 Å². The van der Waals surface area contributed by atoms with E-state index in [0.29, 0.717) is 0 Å². The van der Waals surface area contributed by atoms with Gasteiger partial charge in [0.05, 0.1) is 0 Å². The normalized spacial score (nSPS) is 0. The van der Waals surface area contributed by atoms with E-state index in [-0.39, 0.29) is 55.3 Å². The molecule has 0 heterocycles. The molecule has 6 heavy (non-hydrogen) atoms. The molecule has 2 heteroatoms. The van der Waals surface area contributed by atoms with Crippen LogP contribution in [-0.2, 0) is 19.5 Å². The summed E-state index contributed by atoms with van der Waals surface area (Å²) < 4.78 is 0. The molecular weight excluding hydrogens is 165 g/mol. The van der Waals surface area contributed by atoms with Crippen LogP contribution in [0.25, 0.3) is 0 Å². The van der Waals surface area contributed by atoms with Gasteiger partial charge in [0.15, 0.2) is 0 Å². The van der Waals surface area contributed by atoms with Gasteiger partial charge in [-0.2, -0.15) is 0 Å². The molecule has 0 unspecified atom stereocenters. The minimum atomic E-state index is 0. The van der Waals surface area contributed by atoms with Crippen molar-refractivity contribution in [2.45, 2.75) is 0 Å². The second-order valence-electron chi connectivity index (χ2n) is 0. The Morgan fingerprint density at radius 1 is 0.500 bits per heavy atom. The number of hydrogen-bond donors (Lipinski definition) is 1. The molecule has 0 aromatic rings. The summed E-state index contributed by atoms with van der Waals surface area (Å²) in [6, 6.07) is 0. The van der Waals surface area contributed by atoms with E-state index in [1.165, 1.54) is 0 Å². The third kappa shape index (κ3) is 173. The van der Waals surface area contributed by atoms with E-state index in [1.807, 2.05) is 0 Å². The van der Waals surface area contributed by atoms with E-state index in [9.17, 15) is 0 Å². The van der Waals surface area contributed by atoms with Gasteiger partial charge in [0.25, 0.3) is 0 Å². The summed E-state index contributed by atoms with van der Waals surface area (Å²) in [6.45, 7) is 0. The van der Waals surface area contributed by atoms with Crippen LogP contribution in [0.3, 0.4) is 0 Å². The maximum Gasteiger partial charge on any atom is 0 e. The maximum absolute atomic E-state index is 0. The molecule has 1 radical (unpaired) electrons. The van der Waals surface area contributed by atoms with Gasteiger partial charge in [0.1, 0.15) is 0 Å². The number of hydrogen-bond acceptors (Lipinski definition) is 1. The molecule has 0 saturated heterocycles. The van der Waals surface area contributed by atoms with E-state index in [1.54, 1.807) is 0 Å². The molecule has 1 nitrogen and oxygen atoms in total. The maximum atomic E-state index is 0. The van der Waals surface area contributed by atoms with E-state index >= 15 is 0 Å². The molecule has 0 aromatic heterocycles. The first kappa shape index (κ1) is 603. The smallest absolute Gasteiger partial charge is 0 e. The van der Waals surface area contributed by atoms with Gasteiger partial charge < -0.3 is 35.9 Å². The van der Waals surface area contributed by atoms with Gasteiger partial charge in [-0.25, -0.2) is 0 Å². The van der Waals surface area contributed by atoms with Gasteiger partial charge in [-0.05, 0) is 0 Å². The van der Waals surface area contributed by atoms with Crippen molar-refractivity contribution in [2.75, 3.05) is 0 Å². The van der Waals surface area contributed by atoms with Crippen molar-refractivity contribution in [3.05, 3.63) is 29.7 Å². The second kappa shape index (κ2) is 345. The van der Waals surface area contributed by atoms with Crippen LogP contribution in [0, 0.1) is 29.7 Å². The van der Waals surface area contributed by atoms with Crippen LogP contribution in [0.5, 0.6) is 0 Å². The van der Waals surface area contributed by atoms with Gasteiger partial charge in [-0.15, -0.1) is 0 Å². The molecule has 3 N–H and O–H groups in total. The Hall–Kier alpha value is 0.583. The molecule has 0 bridgehead atoms. The molecular formula is C4H15NRh-4. The van der Waals surface area contributed by atoms with Crippen molar-refractivity contribution < 1.29 is 19.5 Å². The average Bonchev–Trinajstić information content (AvgIpc) is 0. The third-order valence-electron chi connectivity index (χ3n) is 0. The first-order chi connectivity index (χ1) is 0. The van der Waals surface area contributed by atoms with Crippen molar-refractivity contribution in [1.29, 1.82) is 0 Å². The van der Waals surface area contributed by atoms with Crippen molar-refractivity contribution in [3.63, 3.8) is 0 Å². The molecule has 0 rings (SSSR count). The summed E-state index contributed by atoms with van der Waals surface area (Å²) >= 11 is 0. The third-order valence-corrected chi connectivity index (χ3v) is 0. The molecule has 0 amide bonds. The van der Waals surface area contributed by atoms with Crippen LogP contribution in [0.4, 0.5) is 0 Å². The Bertz CT molecular complexity index is 7.51. The van der Waals surface area contributed by atoms with Crippen LogP contribution in [0.2, 0.25) is 0 Å². The second-order valence-corrected chi connectivity index (χ2v) is 0. The van der Waals surface area contributed by atoms with Crippen molar-refractivity contribution >= 4 is 0 Å². The standard InChI is InChI=1S/4CH3.H3N.Rh/h5*1H3;/q4*-1;;.